The van der Waals surface area contributed by atoms with E-state index in [1.165, 1.54) is 25.7 Å². The molecule has 0 amide bonds. The number of phenols is 1. The molecule has 3 heteroatoms. The molecule has 1 saturated carbocycles. The summed E-state index contributed by atoms with van der Waals surface area (Å²) < 4.78 is 0. The summed E-state index contributed by atoms with van der Waals surface area (Å²) in [6.07, 6.45) is 5.30. The Morgan fingerprint density at radius 1 is 1.20 bits per heavy atom. The first-order chi connectivity index (χ1) is 7.34. The molecular weight excluding hydrogens is 190 g/mol. The average molecular weight is 207 g/mol. The average Bonchev–Trinajstić information content (AvgIpc) is 2.74. The van der Waals surface area contributed by atoms with Gasteiger partial charge in [0, 0.05) is 6.54 Å². The molecule has 15 heavy (non-hydrogen) atoms. The number of hydroxylamine groups is 1. The number of benzene rings is 1. The second-order valence-corrected chi connectivity index (χ2v) is 4.01. The topological polar surface area (TPSA) is 41.5 Å². The summed E-state index contributed by atoms with van der Waals surface area (Å²) in [6.45, 7) is 0.691. The van der Waals surface area contributed by atoms with Crippen molar-refractivity contribution < 1.29 is 9.94 Å². The van der Waals surface area contributed by atoms with Gasteiger partial charge in [0.15, 0.2) is 0 Å². The summed E-state index contributed by atoms with van der Waals surface area (Å²) in [5, 5.41) is 9.10. The molecule has 1 aliphatic rings. The Balaban J connectivity index is 1.71. The predicted molar refractivity (Wildman–Crippen MR) is 58.3 cm³/mol. The molecule has 82 valence electrons. The van der Waals surface area contributed by atoms with Gasteiger partial charge in [0.2, 0.25) is 0 Å². The summed E-state index contributed by atoms with van der Waals surface area (Å²) in [5.41, 5.74) is 4.10. The largest absolute Gasteiger partial charge is 0.508 e. The van der Waals surface area contributed by atoms with E-state index in [4.69, 9.17) is 9.94 Å². The number of aromatic hydroxyl groups is 1. The van der Waals surface area contributed by atoms with Crippen molar-refractivity contribution in [2.24, 2.45) is 0 Å². The molecule has 1 aliphatic carbocycles. The minimum atomic E-state index is 0.301. The van der Waals surface area contributed by atoms with Crippen LogP contribution >= 0.6 is 0 Å². The van der Waals surface area contributed by atoms with Gasteiger partial charge >= 0.3 is 0 Å². The zero-order valence-electron chi connectivity index (χ0n) is 8.78. The van der Waals surface area contributed by atoms with Gasteiger partial charge in [0.1, 0.15) is 5.75 Å². The number of hydrogen-bond acceptors (Lipinski definition) is 3. The van der Waals surface area contributed by atoms with E-state index in [-0.39, 0.29) is 0 Å². The third-order valence-electron chi connectivity index (χ3n) is 2.76. The Morgan fingerprint density at radius 3 is 2.53 bits per heavy atom. The first-order valence-corrected chi connectivity index (χ1v) is 5.51. The van der Waals surface area contributed by atoms with E-state index in [1.807, 2.05) is 12.1 Å². The minimum Gasteiger partial charge on any atom is -0.508 e. The first-order valence-electron chi connectivity index (χ1n) is 5.51. The summed E-state index contributed by atoms with van der Waals surface area (Å²) in [4.78, 5) is 5.52. The van der Waals surface area contributed by atoms with Crippen molar-refractivity contribution in [2.75, 3.05) is 0 Å². The molecule has 0 aromatic heterocycles. The molecule has 2 rings (SSSR count). The normalized spacial score (nSPS) is 17.1. The van der Waals surface area contributed by atoms with Gasteiger partial charge in [-0.25, -0.2) is 0 Å². The van der Waals surface area contributed by atoms with E-state index >= 15 is 0 Å². The van der Waals surface area contributed by atoms with Crippen molar-refractivity contribution in [1.82, 2.24) is 5.48 Å². The van der Waals surface area contributed by atoms with Crippen molar-refractivity contribution in [3.63, 3.8) is 0 Å². The number of phenolic OH excluding ortho intramolecular Hbond substituents is 1. The molecule has 0 radical (unpaired) electrons. The highest BCUT2D eigenvalue weighted by Gasteiger charge is 2.15. The van der Waals surface area contributed by atoms with Crippen LogP contribution in [0.1, 0.15) is 31.2 Å². The Labute approximate surface area is 90.0 Å². The van der Waals surface area contributed by atoms with Gasteiger partial charge in [-0.05, 0) is 30.5 Å². The fourth-order valence-electron chi connectivity index (χ4n) is 1.86. The first kappa shape index (κ1) is 10.5. The van der Waals surface area contributed by atoms with Crippen LogP contribution in [0.5, 0.6) is 5.75 Å². The highest BCUT2D eigenvalue weighted by Crippen LogP contribution is 2.20. The van der Waals surface area contributed by atoms with Crippen LogP contribution in [0.3, 0.4) is 0 Å². The lowest BCUT2D eigenvalue weighted by Gasteiger charge is -2.11. The molecule has 0 unspecified atom stereocenters. The molecular formula is C12H17NO2. The van der Waals surface area contributed by atoms with Crippen molar-refractivity contribution >= 4 is 0 Å². The fourth-order valence-corrected chi connectivity index (χ4v) is 1.86. The molecule has 1 fully saturated rings. The maximum Gasteiger partial charge on any atom is 0.115 e. The Hall–Kier alpha value is -1.06. The van der Waals surface area contributed by atoms with Crippen molar-refractivity contribution in [2.45, 2.75) is 38.3 Å². The summed E-state index contributed by atoms with van der Waals surface area (Å²) in [6, 6.07) is 7.15. The van der Waals surface area contributed by atoms with Gasteiger partial charge in [-0.15, -0.1) is 0 Å². The lowest BCUT2D eigenvalue weighted by Crippen LogP contribution is -2.21. The predicted octanol–water partition coefficient (Wildman–Crippen LogP) is 2.36. The molecule has 0 aliphatic heterocycles. The van der Waals surface area contributed by atoms with Crippen LogP contribution in [0.4, 0.5) is 0 Å². The lowest BCUT2D eigenvalue weighted by atomic mass is 10.2. The van der Waals surface area contributed by atoms with Crippen LogP contribution in [0.15, 0.2) is 24.3 Å². The molecule has 0 atom stereocenters. The molecule has 1 aromatic rings. The Morgan fingerprint density at radius 2 is 1.87 bits per heavy atom. The van der Waals surface area contributed by atoms with Crippen LogP contribution in [0.25, 0.3) is 0 Å². The summed E-state index contributed by atoms with van der Waals surface area (Å²) in [5.74, 6) is 0.301. The highest BCUT2D eigenvalue weighted by atomic mass is 16.7. The minimum absolute atomic E-state index is 0.301. The number of hydrogen-bond donors (Lipinski definition) is 2. The van der Waals surface area contributed by atoms with Crippen molar-refractivity contribution in [3.8, 4) is 5.75 Å². The van der Waals surface area contributed by atoms with E-state index in [1.54, 1.807) is 12.1 Å². The Bertz CT molecular complexity index is 291. The van der Waals surface area contributed by atoms with Gasteiger partial charge in [-0.3, -0.25) is 4.84 Å². The van der Waals surface area contributed by atoms with Gasteiger partial charge in [-0.2, -0.15) is 5.48 Å². The molecule has 0 saturated heterocycles. The zero-order valence-corrected chi connectivity index (χ0v) is 8.78. The maximum atomic E-state index is 9.10. The van der Waals surface area contributed by atoms with Crippen LogP contribution in [-0.2, 0) is 11.4 Å². The molecule has 3 nitrogen and oxygen atoms in total. The van der Waals surface area contributed by atoms with Gasteiger partial charge in [-0.1, -0.05) is 25.0 Å². The van der Waals surface area contributed by atoms with Crippen molar-refractivity contribution in [3.05, 3.63) is 29.8 Å². The highest BCUT2D eigenvalue weighted by molar-refractivity contribution is 5.25. The van der Waals surface area contributed by atoms with E-state index in [0.29, 0.717) is 18.4 Å². The SMILES string of the molecule is Oc1ccc(CNOC2CCCC2)cc1. The third kappa shape index (κ3) is 3.22. The molecule has 0 spiro atoms. The van der Waals surface area contributed by atoms with E-state index in [2.05, 4.69) is 5.48 Å². The van der Waals surface area contributed by atoms with Gasteiger partial charge in [0.05, 0.1) is 6.10 Å². The van der Waals surface area contributed by atoms with Gasteiger partial charge < -0.3 is 5.11 Å². The fraction of sp³-hybridized carbons (Fsp3) is 0.500. The second kappa shape index (κ2) is 5.14. The number of rotatable bonds is 4. The number of nitrogens with one attached hydrogen (secondary N) is 1. The summed E-state index contributed by atoms with van der Waals surface area (Å²) >= 11 is 0. The smallest absolute Gasteiger partial charge is 0.115 e. The molecule has 0 heterocycles. The van der Waals surface area contributed by atoms with Crippen LogP contribution < -0.4 is 5.48 Å². The monoisotopic (exact) mass is 207 g/mol. The second-order valence-electron chi connectivity index (χ2n) is 4.01. The third-order valence-corrected chi connectivity index (χ3v) is 2.76. The summed E-state index contributed by atoms with van der Waals surface area (Å²) in [7, 11) is 0. The molecule has 1 aromatic carbocycles. The van der Waals surface area contributed by atoms with Crippen LogP contribution in [-0.4, -0.2) is 11.2 Å². The maximum absolute atomic E-state index is 9.10. The molecule has 2 N–H and O–H groups in total. The zero-order chi connectivity index (χ0) is 10.5. The van der Waals surface area contributed by atoms with E-state index in [0.717, 1.165) is 5.56 Å². The standard InChI is InChI=1S/C12H17NO2/c14-11-7-5-10(6-8-11)9-13-15-12-3-1-2-4-12/h5-8,12-14H,1-4,9H2. The lowest BCUT2D eigenvalue weighted by molar-refractivity contribution is -0.0244. The van der Waals surface area contributed by atoms with Crippen molar-refractivity contribution in [1.29, 1.82) is 0 Å². The van der Waals surface area contributed by atoms with Crippen LogP contribution in [0.2, 0.25) is 0 Å². The molecule has 0 bridgehead atoms. The Kier molecular flexibility index (Phi) is 3.59. The van der Waals surface area contributed by atoms with E-state index in [9.17, 15) is 0 Å². The van der Waals surface area contributed by atoms with E-state index < -0.39 is 0 Å². The quantitative estimate of drug-likeness (QED) is 0.745. The van der Waals surface area contributed by atoms with Gasteiger partial charge in [0.25, 0.3) is 0 Å². The van der Waals surface area contributed by atoms with Crippen LogP contribution in [0, 0.1) is 0 Å².